The summed E-state index contributed by atoms with van der Waals surface area (Å²) in [6, 6.07) is 5.17. The first-order valence-electron chi connectivity index (χ1n) is 10.5. The number of aromatic amines is 1. The minimum atomic E-state index is -4.54. The fourth-order valence-corrected chi connectivity index (χ4v) is 3.83. The maximum atomic E-state index is 13.5. The molecule has 12 heteroatoms. The molecule has 1 aromatic carbocycles. The van der Waals surface area contributed by atoms with Crippen molar-refractivity contribution < 1.29 is 22.7 Å². The lowest BCUT2D eigenvalue weighted by atomic mass is 10.1. The number of morpholine rings is 1. The standard InChI is InChI=1S/C22H20F3N7O2/c23-22(24,25)16-4-2-1-3-15(16)17-13-32-6-5-26-18(19(32)29-17)20(33)30-21-27-11-14(28-21)12-31-7-9-34-10-8-31/h1-6,11,13H,7-10,12H2,(H2,27,28,30,33). The van der Waals surface area contributed by atoms with Crippen molar-refractivity contribution in [2.24, 2.45) is 0 Å². The second-order valence-corrected chi connectivity index (χ2v) is 7.78. The van der Waals surface area contributed by atoms with Crippen LogP contribution in [0, 0.1) is 0 Å². The molecule has 0 atom stereocenters. The first-order valence-corrected chi connectivity index (χ1v) is 10.5. The van der Waals surface area contributed by atoms with E-state index in [0.717, 1.165) is 24.8 Å². The van der Waals surface area contributed by atoms with Crippen molar-refractivity contribution in [3.8, 4) is 11.3 Å². The predicted molar refractivity (Wildman–Crippen MR) is 116 cm³/mol. The van der Waals surface area contributed by atoms with E-state index in [1.54, 1.807) is 6.20 Å². The number of alkyl halides is 3. The molecule has 34 heavy (non-hydrogen) atoms. The van der Waals surface area contributed by atoms with Crippen LogP contribution in [-0.2, 0) is 17.5 Å². The van der Waals surface area contributed by atoms with Gasteiger partial charge in [0.05, 0.1) is 36.4 Å². The van der Waals surface area contributed by atoms with Crippen molar-refractivity contribution in [1.29, 1.82) is 0 Å². The number of H-pyrrole nitrogens is 1. The summed E-state index contributed by atoms with van der Waals surface area (Å²) in [5.41, 5.74) is 0.122. The number of amides is 1. The summed E-state index contributed by atoms with van der Waals surface area (Å²) >= 11 is 0. The van der Waals surface area contributed by atoms with Gasteiger partial charge in [0.15, 0.2) is 11.3 Å². The van der Waals surface area contributed by atoms with Crippen LogP contribution in [0.2, 0.25) is 0 Å². The quantitative estimate of drug-likeness (QED) is 0.464. The minimum absolute atomic E-state index is 0.0376. The third-order valence-corrected chi connectivity index (χ3v) is 5.46. The molecular weight excluding hydrogens is 451 g/mol. The predicted octanol–water partition coefficient (Wildman–Crippen LogP) is 3.22. The highest BCUT2D eigenvalue weighted by atomic mass is 19.4. The number of halogens is 3. The van der Waals surface area contributed by atoms with E-state index < -0.39 is 17.6 Å². The summed E-state index contributed by atoms with van der Waals surface area (Å²) in [7, 11) is 0. The van der Waals surface area contributed by atoms with Gasteiger partial charge in [0.25, 0.3) is 5.91 Å². The van der Waals surface area contributed by atoms with Crippen molar-refractivity contribution >= 4 is 17.5 Å². The second-order valence-electron chi connectivity index (χ2n) is 7.78. The molecule has 3 aromatic heterocycles. The van der Waals surface area contributed by atoms with E-state index in [-0.39, 0.29) is 28.5 Å². The molecule has 0 spiro atoms. The van der Waals surface area contributed by atoms with Gasteiger partial charge in [0.2, 0.25) is 5.95 Å². The summed E-state index contributed by atoms with van der Waals surface area (Å²) in [6.07, 6.45) is 1.44. The first kappa shape index (κ1) is 22.0. The Hall–Kier alpha value is -3.77. The van der Waals surface area contributed by atoms with Crippen molar-refractivity contribution in [1.82, 2.24) is 29.2 Å². The Labute approximate surface area is 191 Å². The largest absolute Gasteiger partial charge is 0.417 e. The first-order chi connectivity index (χ1) is 16.4. The molecule has 176 valence electrons. The average molecular weight is 471 g/mol. The zero-order valence-electron chi connectivity index (χ0n) is 17.8. The van der Waals surface area contributed by atoms with Gasteiger partial charge in [0.1, 0.15) is 0 Å². The van der Waals surface area contributed by atoms with Crippen LogP contribution in [0.1, 0.15) is 21.7 Å². The zero-order chi connectivity index (χ0) is 23.7. The maximum Gasteiger partial charge on any atom is 0.417 e. The minimum Gasteiger partial charge on any atom is -0.379 e. The summed E-state index contributed by atoms with van der Waals surface area (Å²) in [5, 5.41) is 2.65. The molecule has 1 fully saturated rings. The number of benzene rings is 1. The molecule has 0 aliphatic carbocycles. The van der Waals surface area contributed by atoms with E-state index in [0.29, 0.717) is 19.8 Å². The van der Waals surface area contributed by atoms with Crippen molar-refractivity contribution in [2.45, 2.75) is 12.7 Å². The summed E-state index contributed by atoms with van der Waals surface area (Å²) < 4.78 is 47.2. The zero-order valence-corrected chi connectivity index (χ0v) is 17.8. The topological polar surface area (TPSA) is 100 Å². The fraction of sp³-hybridized carbons (Fsp3) is 0.273. The Morgan fingerprint density at radius 2 is 1.97 bits per heavy atom. The van der Waals surface area contributed by atoms with Gasteiger partial charge in [0, 0.05) is 43.8 Å². The molecule has 0 radical (unpaired) electrons. The Bertz CT molecular complexity index is 1330. The number of nitrogens with zero attached hydrogens (tertiary/aromatic N) is 5. The van der Waals surface area contributed by atoms with Crippen molar-refractivity contribution in [2.75, 3.05) is 31.6 Å². The summed E-state index contributed by atoms with van der Waals surface area (Å²) in [5.74, 6) is -0.342. The number of hydrogen-bond donors (Lipinski definition) is 2. The molecular formula is C22H20F3N7O2. The number of anilines is 1. The van der Waals surface area contributed by atoms with Crippen LogP contribution in [0.15, 0.2) is 49.1 Å². The van der Waals surface area contributed by atoms with Crippen LogP contribution in [0.25, 0.3) is 16.9 Å². The number of rotatable bonds is 5. The fourth-order valence-electron chi connectivity index (χ4n) is 3.83. The van der Waals surface area contributed by atoms with Gasteiger partial charge in [-0.2, -0.15) is 13.2 Å². The molecule has 1 aliphatic heterocycles. The molecule has 4 aromatic rings. The third kappa shape index (κ3) is 4.50. The van der Waals surface area contributed by atoms with Crippen molar-refractivity contribution in [3.05, 3.63) is 66.0 Å². The van der Waals surface area contributed by atoms with Gasteiger partial charge in [-0.1, -0.05) is 18.2 Å². The van der Waals surface area contributed by atoms with E-state index in [4.69, 9.17) is 4.74 Å². The van der Waals surface area contributed by atoms with E-state index in [2.05, 4.69) is 30.2 Å². The van der Waals surface area contributed by atoms with Crippen LogP contribution in [-0.4, -0.2) is 61.4 Å². The Kier molecular flexibility index (Phi) is 5.75. The normalized spacial score (nSPS) is 15.0. The highest BCUT2D eigenvalue weighted by molar-refractivity contribution is 6.06. The maximum absolute atomic E-state index is 13.5. The highest BCUT2D eigenvalue weighted by Crippen LogP contribution is 2.36. The summed E-state index contributed by atoms with van der Waals surface area (Å²) in [4.78, 5) is 30.8. The van der Waals surface area contributed by atoms with E-state index >= 15 is 0 Å². The smallest absolute Gasteiger partial charge is 0.379 e. The molecule has 4 heterocycles. The molecule has 5 rings (SSSR count). The molecule has 0 unspecified atom stereocenters. The molecule has 0 saturated carbocycles. The SMILES string of the molecule is O=C(Nc1ncc(CN2CCOCC2)[nH]1)c1nccn2cc(-c3ccccc3C(F)(F)F)nc12. The Balaban J connectivity index is 1.39. The summed E-state index contributed by atoms with van der Waals surface area (Å²) in [6.45, 7) is 3.61. The number of ether oxygens (including phenoxy) is 1. The van der Waals surface area contributed by atoms with Gasteiger partial charge in [-0.15, -0.1) is 0 Å². The lowest BCUT2D eigenvalue weighted by Crippen LogP contribution is -2.35. The number of carbonyl (C=O) groups is 1. The lowest BCUT2D eigenvalue weighted by Gasteiger charge is -2.25. The van der Waals surface area contributed by atoms with E-state index in [1.165, 1.54) is 41.2 Å². The molecule has 1 amide bonds. The molecule has 1 aliphatic rings. The van der Waals surface area contributed by atoms with Gasteiger partial charge in [-0.3, -0.25) is 15.0 Å². The number of nitrogens with one attached hydrogen (secondary N) is 2. The third-order valence-electron chi connectivity index (χ3n) is 5.46. The average Bonchev–Trinajstić information content (AvgIpc) is 3.45. The van der Waals surface area contributed by atoms with Gasteiger partial charge >= 0.3 is 6.18 Å². The van der Waals surface area contributed by atoms with Gasteiger partial charge < -0.3 is 14.1 Å². The van der Waals surface area contributed by atoms with Crippen molar-refractivity contribution in [3.63, 3.8) is 0 Å². The number of hydrogen-bond acceptors (Lipinski definition) is 6. The van der Waals surface area contributed by atoms with E-state index in [9.17, 15) is 18.0 Å². The van der Waals surface area contributed by atoms with Crippen LogP contribution >= 0.6 is 0 Å². The molecule has 1 saturated heterocycles. The van der Waals surface area contributed by atoms with Crippen LogP contribution < -0.4 is 5.32 Å². The monoisotopic (exact) mass is 471 g/mol. The number of carbonyl (C=O) groups excluding carboxylic acids is 1. The van der Waals surface area contributed by atoms with Gasteiger partial charge in [-0.05, 0) is 6.07 Å². The Morgan fingerprint density at radius 1 is 1.18 bits per heavy atom. The lowest BCUT2D eigenvalue weighted by molar-refractivity contribution is -0.137. The highest BCUT2D eigenvalue weighted by Gasteiger charge is 2.34. The molecule has 0 bridgehead atoms. The molecule has 9 nitrogen and oxygen atoms in total. The van der Waals surface area contributed by atoms with Crippen LogP contribution in [0.4, 0.5) is 19.1 Å². The van der Waals surface area contributed by atoms with Crippen LogP contribution in [0.3, 0.4) is 0 Å². The van der Waals surface area contributed by atoms with Gasteiger partial charge in [-0.25, -0.2) is 15.0 Å². The number of aromatic nitrogens is 5. The Morgan fingerprint density at radius 3 is 2.76 bits per heavy atom. The van der Waals surface area contributed by atoms with Crippen LogP contribution in [0.5, 0.6) is 0 Å². The number of imidazole rings is 2. The molecule has 2 N–H and O–H groups in total. The second kappa shape index (κ2) is 8.88. The number of fused-ring (bicyclic) bond motifs is 1. The van der Waals surface area contributed by atoms with E-state index in [1.807, 2.05) is 0 Å².